The average molecular weight is 725 g/mol. The minimum Gasteiger partial charge on any atom is -0.486 e. The van der Waals surface area contributed by atoms with Gasteiger partial charge in [0.05, 0.1) is 19.5 Å². The Bertz CT molecular complexity index is 1530. The second-order valence-electron chi connectivity index (χ2n) is 7.88. The van der Waals surface area contributed by atoms with Gasteiger partial charge in [0, 0.05) is 15.6 Å². The van der Waals surface area contributed by atoms with Crippen molar-refractivity contribution < 1.29 is 32.3 Å². The van der Waals surface area contributed by atoms with Gasteiger partial charge in [-0.15, -0.1) is 0 Å². The summed E-state index contributed by atoms with van der Waals surface area (Å²) in [5.41, 5.74) is 0.621. The van der Waals surface area contributed by atoms with Gasteiger partial charge in [-0.1, -0.05) is 29.3 Å². The standard InChI is InChI=1S/C25H13Br2Cl2F3N2O4S/c26-14-5-11(6-15(27)23(14)38-10-12-1-2-13(28)8-16(12)29)7-19-24(36)34(25(37)39-19)9-20(35)33-18-4-3-17(30)21(31)22(18)32/h1-8H,9-10H2,(H,33,35)/b19-7+. The molecule has 1 fully saturated rings. The molecule has 0 aromatic heterocycles. The molecule has 1 heterocycles. The van der Waals surface area contributed by atoms with Gasteiger partial charge in [0.25, 0.3) is 11.1 Å². The molecule has 39 heavy (non-hydrogen) atoms. The minimum absolute atomic E-state index is 0.0345. The van der Waals surface area contributed by atoms with E-state index < -0.39 is 46.7 Å². The fraction of sp³-hybridized carbons (Fsp3) is 0.0800. The Morgan fingerprint density at radius 3 is 2.38 bits per heavy atom. The lowest BCUT2D eigenvalue weighted by molar-refractivity contribution is -0.127. The van der Waals surface area contributed by atoms with Gasteiger partial charge in [-0.25, -0.2) is 13.2 Å². The molecule has 1 saturated heterocycles. The number of rotatable bonds is 7. The van der Waals surface area contributed by atoms with Gasteiger partial charge in [0.15, 0.2) is 17.5 Å². The molecule has 4 rings (SSSR count). The third kappa shape index (κ3) is 6.80. The van der Waals surface area contributed by atoms with Gasteiger partial charge in [0.2, 0.25) is 5.91 Å². The number of halogens is 7. The molecule has 0 unspecified atom stereocenters. The van der Waals surface area contributed by atoms with Crippen molar-refractivity contribution in [1.29, 1.82) is 0 Å². The smallest absolute Gasteiger partial charge is 0.294 e. The largest absolute Gasteiger partial charge is 0.486 e. The van der Waals surface area contributed by atoms with Crippen molar-refractivity contribution in [3.8, 4) is 5.75 Å². The zero-order valence-electron chi connectivity index (χ0n) is 19.2. The van der Waals surface area contributed by atoms with Crippen LogP contribution < -0.4 is 10.1 Å². The summed E-state index contributed by atoms with van der Waals surface area (Å²) in [5, 5.41) is 2.24. The van der Waals surface area contributed by atoms with Crippen LogP contribution in [0.5, 0.6) is 5.75 Å². The van der Waals surface area contributed by atoms with Gasteiger partial charge >= 0.3 is 0 Å². The summed E-state index contributed by atoms with van der Waals surface area (Å²) in [5.74, 6) is -6.05. The van der Waals surface area contributed by atoms with Crippen molar-refractivity contribution in [2.75, 3.05) is 11.9 Å². The van der Waals surface area contributed by atoms with E-state index in [2.05, 4.69) is 31.9 Å². The summed E-state index contributed by atoms with van der Waals surface area (Å²) < 4.78 is 47.3. The van der Waals surface area contributed by atoms with E-state index in [0.717, 1.165) is 6.07 Å². The van der Waals surface area contributed by atoms with Crippen LogP contribution in [0.15, 0.2) is 56.3 Å². The topological polar surface area (TPSA) is 75.7 Å². The zero-order chi connectivity index (χ0) is 28.4. The van der Waals surface area contributed by atoms with E-state index in [-0.39, 0.29) is 11.5 Å². The SMILES string of the molecule is O=C(CN1C(=O)S/C(=C/c2cc(Br)c(OCc3ccc(Cl)cc3Cl)c(Br)c2)C1=O)Nc1ccc(F)c(F)c1F. The zero-order valence-corrected chi connectivity index (χ0v) is 24.7. The number of imide groups is 1. The highest BCUT2D eigenvalue weighted by Crippen LogP contribution is 2.38. The van der Waals surface area contributed by atoms with Gasteiger partial charge in [0.1, 0.15) is 18.9 Å². The summed E-state index contributed by atoms with van der Waals surface area (Å²) in [4.78, 5) is 38.2. The summed E-state index contributed by atoms with van der Waals surface area (Å²) in [6, 6.07) is 9.82. The predicted octanol–water partition coefficient (Wildman–Crippen LogP) is 8.19. The van der Waals surface area contributed by atoms with Gasteiger partial charge in [-0.3, -0.25) is 19.3 Å². The number of amides is 3. The summed E-state index contributed by atoms with van der Waals surface area (Å²) in [7, 11) is 0. The van der Waals surface area contributed by atoms with Crippen molar-refractivity contribution in [3.05, 3.63) is 94.9 Å². The lowest BCUT2D eigenvalue weighted by Gasteiger charge is -2.13. The van der Waals surface area contributed by atoms with E-state index in [1.807, 2.05) is 5.32 Å². The Morgan fingerprint density at radius 1 is 1.03 bits per heavy atom. The minimum atomic E-state index is -1.76. The molecule has 0 bridgehead atoms. The first kappa shape index (κ1) is 29.5. The molecule has 14 heteroatoms. The summed E-state index contributed by atoms with van der Waals surface area (Å²) in [6.45, 7) is -0.601. The molecule has 0 radical (unpaired) electrons. The maximum Gasteiger partial charge on any atom is 0.294 e. The van der Waals surface area contributed by atoms with Crippen LogP contribution in [0.2, 0.25) is 10.0 Å². The first-order chi connectivity index (χ1) is 18.4. The van der Waals surface area contributed by atoms with Crippen molar-refractivity contribution >= 4 is 95.6 Å². The molecule has 0 saturated carbocycles. The van der Waals surface area contributed by atoms with Crippen molar-refractivity contribution in [2.24, 2.45) is 0 Å². The van der Waals surface area contributed by atoms with Crippen LogP contribution in [0.1, 0.15) is 11.1 Å². The van der Waals surface area contributed by atoms with Crippen LogP contribution in [-0.4, -0.2) is 28.5 Å². The Labute approximate surface area is 250 Å². The molecule has 1 aliphatic rings. The fourth-order valence-corrected chi connectivity index (χ4v) is 6.08. The average Bonchev–Trinajstić information content (AvgIpc) is 3.12. The van der Waals surface area contributed by atoms with Crippen LogP contribution in [0, 0.1) is 17.5 Å². The van der Waals surface area contributed by atoms with Gasteiger partial charge in [-0.05, 0) is 91.7 Å². The quantitative estimate of drug-likeness (QED) is 0.197. The van der Waals surface area contributed by atoms with Crippen LogP contribution >= 0.6 is 66.8 Å². The number of anilines is 1. The highest BCUT2D eigenvalue weighted by atomic mass is 79.9. The van der Waals surface area contributed by atoms with Crippen LogP contribution in [0.25, 0.3) is 6.08 Å². The molecule has 0 aliphatic carbocycles. The fourth-order valence-electron chi connectivity index (χ4n) is 3.33. The number of carbonyl (C=O) groups is 3. The van der Waals surface area contributed by atoms with E-state index in [4.69, 9.17) is 27.9 Å². The van der Waals surface area contributed by atoms with Crippen LogP contribution in [-0.2, 0) is 16.2 Å². The van der Waals surface area contributed by atoms with Gasteiger partial charge in [-0.2, -0.15) is 0 Å². The number of nitrogens with zero attached hydrogens (tertiary/aromatic N) is 1. The number of thioether (sulfide) groups is 1. The molecule has 3 aromatic carbocycles. The molecule has 1 N–H and O–H groups in total. The lowest BCUT2D eigenvalue weighted by Crippen LogP contribution is -2.36. The number of hydrogen-bond acceptors (Lipinski definition) is 5. The third-order valence-electron chi connectivity index (χ3n) is 5.19. The maximum atomic E-state index is 13.8. The molecule has 3 amide bonds. The number of ether oxygens (including phenoxy) is 1. The number of hydrogen-bond donors (Lipinski definition) is 1. The first-order valence-corrected chi connectivity index (χ1v) is 13.8. The Balaban J connectivity index is 1.45. The van der Waals surface area contributed by atoms with E-state index >= 15 is 0 Å². The monoisotopic (exact) mass is 722 g/mol. The number of nitrogens with one attached hydrogen (secondary N) is 1. The molecular weight excluding hydrogens is 712 g/mol. The maximum absolute atomic E-state index is 13.8. The van der Waals surface area contributed by atoms with Crippen LogP contribution in [0.4, 0.5) is 23.7 Å². The van der Waals surface area contributed by atoms with E-state index in [1.54, 1.807) is 30.3 Å². The highest BCUT2D eigenvalue weighted by Gasteiger charge is 2.36. The second-order valence-corrected chi connectivity index (χ2v) is 11.4. The van der Waals surface area contributed by atoms with Crippen LogP contribution in [0.3, 0.4) is 0 Å². The summed E-state index contributed by atoms with van der Waals surface area (Å²) in [6.07, 6.45) is 1.45. The molecule has 6 nitrogen and oxygen atoms in total. The molecule has 0 atom stereocenters. The first-order valence-electron chi connectivity index (χ1n) is 10.7. The molecule has 3 aromatic rings. The van der Waals surface area contributed by atoms with Crippen molar-refractivity contribution in [3.63, 3.8) is 0 Å². The normalized spacial score (nSPS) is 14.3. The number of benzene rings is 3. The highest BCUT2D eigenvalue weighted by molar-refractivity contribution is 9.11. The lowest BCUT2D eigenvalue weighted by atomic mass is 10.2. The van der Waals surface area contributed by atoms with E-state index in [1.165, 1.54) is 6.08 Å². The Hall–Kier alpha value is -2.51. The van der Waals surface area contributed by atoms with Crippen molar-refractivity contribution in [1.82, 2.24) is 4.90 Å². The molecular formula is C25H13Br2Cl2F3N2O4S. The molecule has 0 spiro atoms. The Morgan fingerprint density at radius 2 is 1.72 bits per heavy atom. The second kappa shape index (κ2) is 12.3. The summed E-state index contributed by atoms with van der Waals surface area (Å²) >= 11 is 19.6. The predicted molar refractivity (Wildman–Crippen MR) is 150 cm³/mol. The Kier molecular flexibility index (Phi) is 9.33. The molecule has 202 valence electrons. The van der Waals surface area contributed by atoms with Gasteiger partial charge < -0.3 is 10.1 Å². The third-order valence-corrected chi connectivity index (χ3v) is 7.86. The van der Waals surface area contributed by atoms with Crippen molar-refractivity contribution in [2.45, 2.75) is 6.61 Å². The number of carbonyl (C=O) groups excluding carboxylic acids is 3. The van der Waals surface area contributed by atoms with E-state index in [9.17, 15) is 27.6 Å². The van der Waals surface area contributed by atoms with E-state index in [0.29, 0.717) is 58.6 Å². The molecule has 1 aliphatic heterocycles.